The van der Waals surface area contributed by atoms with Gasteiger partial charge in [0.2, 0.25) is 5.76 Å². The number of pyridine rings is 1. The number of hydrogen-bond donors (Lipinski definition) is 1. The number of aromatic nitrogens is 4. The first-order chi connectivity index (χ1) is 15.2. The van der Waals surface area contributed by atoms with E-state index >= 15 is 0 Å². The van der Waals surface area contributed by atoms with Gasteiger partial charge in [-0.25, -0.2) is 28.4 Å². The molecule has 3 aromatic heterocycles. The Morgan fingerprint density at radius 3 is 2.44 bits per heavy atom. The summed E-state index contributed by atoms with van der Waals surface area (Å²) in [4.78, 5) is 30.2. The van der Waals surface area contributed by atoms with Crippen LogP contribution in [0, 0.1) is 13.8 Å². The number of benzene rings is 1. The molecule has 9 nitrogen and oxygen atoms in total. The maximum atomic E-state index is 12.8. The molecule has 1 N–H and O–H groups in total. The first-order valence-electron chi connectivity index (χ1n) is 9.55. The number of sulfone groups is 1. The van der Waals surface area contributed by atoms with E-state index < -0.39 is 15.7 Å². The summed E-state index contributed by atoms with van der Waals surface area (Å²) < 4.78 is 28.6. The van der Waals surface area contributed by atoms with Gasteiger partial charge >= 0.3 is 0 Å². The fourth-order valence-corrected chi connectivity index (χ4v) is 3.78. The van der Waals surface area contributed by atoms with Crippen LogP contribution in [0.2, 0.25) is 0 Å². The van der Waals surface area contributed by atoms with E-state index in [2.05, 4.69) is 25.3 Å². The normalized spacial score (nSPS) is 11.3. The highest BCUT2D eigenvalue weighted by atomic mass is 32.2. The molecule has 10 heteroatoms. The summed E-state index contributed by atoms with van der Waals surface area (Å²) >= 11 is 0. The van der Waals surface area contributed by atoms with Gasteiger partial charge in [0.25, 0.3) is 5.91 Å². The second kappa shape index (κ2) is 8.31. The number of amides is 1. The van der Waals surface area contributed by atoms with Crippen molar-refractivity contribution in [2.45, 2.75) is 18.7 Å². The van der Waals surface area contributed by atoms with Crippen LogP contribution in [0.5, 0.6) is 0 Å². The molecule has 3 heterocycles. The number of carbonyl (C=O) groups is 1. The Bertz CT molecular complexity index is 1390. The van der Waals surface area contributed by atoms with E-state index in [9.17, 15) is 13.2 Å². The Morgan fingerprint density at radius 2 is 1.75 bits per heavy atom. The maximum Gasteiger partial charge on any atom is 0.294 e. The van der Waals surface area contributed by atoms with E-state index in [1.165, 1.54) is 18.3 Å². The topological polar surface area (TPSA) is 128 Å². The Hall–Kier alpha value is -3.92. The van der Waals surface area contributed by atoms with Crippen molar-refractivity contribution in [1.82, 2.24) is 19.9 Å². The van der Waals surface area contributed by atoms with Gasteiger partial charge in [-0.15, -0.1) is 0 Å². The maximum absolute atomic E-state index is 12.8. The number of nitrogens with one attached hydrogen (secondary N) is 1. The molecule has 0 unspecified atom stereocenters. The fraction of sp³-hybridized carbons (Fsp3) is 0.136. The van der Waals surface area contributed by atoms with Crippen LogP contribution >= 0.6 is 0 Å². The first kappa shape index (κ1) is 21.3. The van der Waals surface area contributed by atoms with E-state index in [0.29, 0.717) is 17.1 Å². The van der Waals surface area contributed by atoms with Crippen LogP contribution in [0.4, 0.5) is 5.82 Å². The smallest absolute Gasteiger partial charge is 0.294 e. The Kier molecular flexibility index (Phi) is 5.54. The average molecular weight is 449 g/mol. The van der Waals surface area contributed by atoms with Gasteiger partial charge < -0.3 is 9.73 Å². The molecule has 4 aromatic rings. The highest BCUT2D eigenvalue weighted by Crippen LogP contribution is 2.25. The van der Waals surface area contributed by atoms with Gasteiger partial charge in [-0.05, 0) is 49.7 Å². The molecule has 0 radical (unpaired) electrons. The van der Waals surface area contributed by atoms with Gasteiger partial charge in [0, 0.05) is 23.7 Å². The summed E-state index contributed by atoms with van der Waals surface area (Å²) in [6, 6.07) is 11.4. The van der Waals surface area contributed by atoms with E-state index in [1.807, 2.05) is 26.0 Å². The molecular weight excluding hydrogens is 430 g/mol. The lowest BCUT2D eigenvalue weighted by atomic mass is 10.1. The lowest BCUT2D eigenvalue weighted by Crippen LogP contribution is -2.14. The zero-order valence-corrected chi connectivity index (χ0v) is 18.3. The SMILES string of the molecule is Cc1cc(C)nc(-c2nccc(NC(=O)c3ocnc3-c3ccc(S(C)(=O)=O)cc3)n2)c1. The molecule has 0 fully saturated rings. The minimum Gasteiger partial charge on any atom is -0.438 e. The predicted octanol–water partition coefficient (Wildman–Crippen LogP) is 3.47. The second-order valence-corrected chi connectivity index (χ2v) is 9.23. The van der Waals surface area contributed by atoms with Crippen molar-refractivity contribution in [2.75, 3.05) is 11.6 Å². The van der Waals surface area contributed by atoms with E-state index in [0.717, 1.165) is 23.9 Å². The molecule has 1 amide bonds. The van der Waals surface area contributed by atoms with Gasteiger partial charge in [0.05, 0.1) is 4.90 Å². The van der Waals surface area contributed by atoms with Crippen molar-refractivity contribution >= 4 is 21.6 Å². The van der Waals surface area contributed by atoms with Crippen LogP contribution in [-0.2, 0) is 9.84 Å². The Balaban J connectivity index is 1.59. The van der Waals surface area contributed by atoms with Crippen LogP contribution in [0.25, 0.3) is 22.8 Å². The Morgan fingerprint density at radius 1 is 1.00 bits per heavy atom. The molecule has 0 saturated heterocycles. The molecule has 0 aliphatic heterocycles. The van der Waals surface area contributed by atoms with Crippen LogP contribution < -0.4 is 5.32 Å². The number of nitrogens with zero attached hydrogens (tertiary/aromatic N) is 4. The molecule has 0 aliphatic carbocycles. The lowest BCUT2D eigenvalue weighted by Gasteiger charge is -2.07. The van der Waals surface area contributed by atoms with Crippen molar-refractivity contribution in [2.24, 2.45) is 0 Å². The summed E-state index contributed by atoms with van der Waals surface area (Å²) in [5, 5.41) is 2.68. The third kappa shape index (κ3) is 4.54. The number of rotatable bonds is 5. The van der Waals surface area contributed by atoms with Crippen molar-refractivity contribution in [3.63, 3.8) is 0 Å². The largest absolute Gasteiger partial charge is 0.438 e. The minimum atomic E-state index is -3.33. The van der Waals surface area contributed by atoms with Gasteiger partial charge in [0.1, 0.15) is 17.2 Å². The zero-order valence-electron chi connectivity index (χ0n) is 17.5. The van der Waals surface area contributed by atoms with Gasteiger partial charge in [-0.2, -0.15) is 0 Å². The van der Waals surface area contributed by atoms with Crippen LogP contribution in [-0.4, -0.2) is 40.5 Å². The van der Waals surface area contributed by atoms with E-state index in [-0.39, 0.29) is 22.2 Å². The summed E-state index contributed by atoms with van der Waals surface area (Å²) in [6.45, 7) is 3.84. The molecule has 0 spiro atoms. The predicted molar refractivity (Wildman–Crippen MR) is 118 cm³/mol. The molecule has 4 rings (SSSR count). The van der Waals surface area contributed by atoms with Gasteiger partial charge in [-0.3, -0.25) is 4.79 Å². The highest BCUT2D eigenvalue weighted by molar-refractivity contribution is 7.90. The third-order valence-corrected chi connectivity index (χ3v) is 5.68. The van der Waals surface area contributed by atoms with Crippen molar-refractivity contribution in [3.05, 3.63) is 72.1 Å². The fourth-order valence-electron chi connectivity index (χ4n) is 3.15. The lowest BCUT2D eigenvalue weighted by molar-refractivity contribution is 0.0997. The molecule has 0 bridgehead atoms. The molecule has 32 heavy (non-hydrogen) atoms. The summed E-state index contributed by atoms with van der Waals surface area (Å²) in [7, 11) is -3.33. The Labute approximate surface area is 184 Å². The van der Waals surface area contributed by atoms with Crippen molar-refractivity contribution in [1.29, 1.82) is 0 Å². The average Bonchev–Trinajstić information content (AvgIpc) is 3.23. The summed E-state index contributed by atoms with van der Waals surface area (Å²) in [5.41, 5.74) is 3.29. The second-order valence-electron chi connectivity index (χ2n) is 7.22. The molecule has 0 atom stereocenters. The number of anilines is 1. The quantitative estimate of drug-likeness (QED) is 0.490. The monoisotopic (exact) mass is 449 g/mol. The highest BCUT2D eigenvalue weighted by Gasteiger charge is 2.20. The summed E-state index contributed by atoms with van der Waals surface area (Å²) in [5.74, 6) is 0.0732. The number of carbonyl (C=O) groups excluding carboxylic acids is 1. The molecule has 162 valence electrons. The van der Waals surface area contributed by atoms with Crippen LogP contribution in [0.15, 0.2) is 64.4 Å². The summed E-state index contributed by atoms with van der Waals surface area (Å²) in [6.07, 6.45) is 3.81. The number of hydrogen-bond acceptors (Lipinski definition) is 8. The standard InChI is InChI=1S/C22H19N5O4S/c1-13-10-14(2)25-17(11-13)21-23-9-8-18(26-21)27-22(28)20-19(24-12-31-20)15-4-6-16(7-5-15)32(3,29)30/h4-12H,1-3H3,(H,23,26,27,28). The van der Waals surface area contributed by atoms with Crippen molar-refractivity contribution in [3.8, 4) is 22.8 Å². The number of aryl methyl sites for hydroxylation is 2. The van der Waals surface area contributed by atoms with Crippen LogP contribution in [0.3, 0.4) is 0 Å². The zero-order chi connectivity index (χ0) is 22.9. The molecular formula is C22H19N5O4S. The molecule has 0 saturated carbocycles. The molecule has 1 aromatic carbocycles. The molecule has 0 aliphatic rings. The van der Waals surface area contributed by atoms with Crippen LogP contribution in [0.1, 0.15) is 21.8 Å². The van der Waals surface area contributed by atoms with Gasteiger partial charge in [-0.1, -0.05) is 12.1 Å². The minimum absolute atomic E-state index is 0.0261. The third-order valence-electron chi connectivity index (χ3n) is 4.55. The van der Waals surface area contributed by atoms with E-state index in [4.69, 9.17) is 4.42 Å². The van der Waals surface area contributed by atoms with Gasteiger partial charge in [0.15, 0.2) is 22.1 Å². The van der Waals surface area contributed by atoms with E-state index in [1.54, 1.807) is 18.2 Å². The first-order valence-corrected chi connectivity index (χ1v) is 11.4. The van der Waals surface area contributed by atoms with Crippen molar-refractivity contribution < 1.29 is 17.6 Å². The number of oxazole rings is 1.